The first-order valence-corrected chi connectivity index (χ1v) is 11.0. The predicted octanol–water partition coefficient (Wildman–Crippen LogP) is 4.57. The second-order valence-corrected chi connectivity index (χ2v) is 10.0. The molecule has 1 unspecified atom stereocenters. The van der Waals surface area contributed by atoms with Crippen molar-refractivity contribution in [2.75, 3.05) is 0 Å². The van der Waals surface area contributed by atoms with Gasteiger partial charge in [-0.15, -0.1) is 0 Å². The van der Waals surface area contributed by atoms with Crippen molar-refractivity contribution in [2.24, 2.45) is 5.73 Å². The highest BCUT2D eigenvalue weighted by atomic mass is 31.1. The third kappa shape index (κ3) is 4.86. The van der Waals surface area contributed by atoms with Crippen molar-refractivity contribution in [3.05, 3.63) is 88.5 Å². The molecule has 0 fully saturated rings. The van der Waals surface area contributed by atoms with Crippen LogP contribution in [0.2, 0.25) is 0 Å². The molecule has 0 bridgehead atoms. The van der Waals surface area contributed by atoms with Gasteiger partial charge < -0.3 is 5.73 Å². The van der Waals surface area contributed by atoms with Crippen molar-refractivity contribution in [1.82, 2.24) is 0 Å². The first-order valence-electron chi connectivity index (χ1n) is 9.63. The van der Waals surface area contributed by atoms with E-state index in [1.165, 1.54) is 43.7 Å². The molecular formula is C25H30NP. The predicted molar refractivity (Wildman–Crippen MR) is 121 cm³/mol. The summed E-state index contributed by atoms with van der Waals surface area (Å²) in [7, 11) is -0.618. The van der Waals surface area contributed by atoms with Gasteiger partial charge >= 0.3 is 0 Å². The molecule has 0 radical (unpaired) electrons. The van der Waals surface area contributed by atoms with Crippen molar-refractivity contribution < 1.29 is 0 Å². The van der Waals surface area contributed by atoms with E-state index in [1.807, 2.05) is 0 Å². The molecule has 0 aliphatic heterocycles. The van der Waals surface area contributed by atoms with Crippen molar-refractivity contribution in [1.29, 1.82) is 0 Å². The molecule has 1 atom stereocenters. The van der Waals surface area contributed by atoms with Gasteiger partial charge in [-0.1, -0.05) is 82.9 Å². The lowest BCUT2D eigenvalue weighted by Gasteiger charge is -2.24. The lowest BCUT2D eigenvalue weighted by Crippen LogP contribution is -2.27. The van der Waals surface area contributed by atoms with Gasteiger partial charge in [-0.25, -0.2) is 0 Å². The zero-order chi connectivity index (χ0) is 19.6. The Labute approximate surface area is 165 Å². The summed E-state index contributed by atoms with van der Waals surface area (Å²) in [5.41, 5.74) is 12.8. The summed E-state index contributed by atoms with van der Waals surface area (Å²) < 4.78 is 0. The Kier molecular flexibility index (Phi) is 6.15. The third-order valence-corrected chi connectivity index (χ3v) is 7.17. The van der Waals surface area contributed by atoms with Crippen molar-refractivity contribution in [3.63, 3.8) is 0 Å². The maximum atomic E-state index is 6.17. The largest absolute Gasteiger partial charge is 0.328 e. The van der Waals surface area contributed by atoms with Crippen molar-refractivity contribution in [3.8, 4) is 0 Å². The van der Waals surface area contributed by atoms with Crippen LogP contribution in [0.15, 0.2) is 60.7 Å². The van der Waals surface area contributed by atoms with Crippen LogP contribution in [0.4, 0.5) is 0 Å². The maximum absolute atomic E-state index is 6.17. The summed E-state index contributed by atoms with van der Waals surface area (Å²) in [6, 6.07) is 23.0. The quantitative estimate of drug-likeness (QED) is 0.650. The Morgan fingerprint density at radius 1 is 0.741 bits per heavy atom. The SMILES string of the molecule is Cc1cc(C)cc(P(c2cc(C)cc(C)c2)c2ccccc2CC(C)N)c1. The molecule has 27 heavy (non-hydrogen) atoms. The smallest absolute Gasteiger partial charge is 0.00511 e. The van der Waals surface area contributed by atoms with E-state index in [1.54, 1.807) is 0 Å². The fourth-order valence-electron chi connectivity index (χ4n) is 3.84. The lowest BCUT2D eigenvalue weighted by atomic mass is 10.1. The Hall–Kier alpha value is -1.95. The molecule has 0 spiro atoms. The molecule has 3 aromatic carbocycles. The van der Waals surface area contributed by atoms with E-state index in [2.05, 4.69) is 95.3 Å². The standard InChI is InChI=1S/C25H30NP/c1-17-10-18(2)13-23(12-17)27(24-14-19(3)11-20(4)15-24)25-9-7-6-8-22(25)16-21(5)26/h6-15,21H,16,26H2,1-5H3. The van der Waals surface area contributed by atoms with E-state index in [0.717, 1.165) is 6.42 Å². The molecule has 0 saturated carbocycles. The molecule has 2 N–H and O–H groups in total. The molecule has 1 nitrogen and oxygen atoms in total. The van der Waals surface area contributed by atoms with Crippen LogP contribution in [0.25, 0.3) is 0 Å². The Morgan fingerprint density at radius 3 is 1.63 bits per heavy atom. The monoisotopic (exact) mass is 375 g/mol. The molecule has 0 aromatic heterocycles. The molecular weight excluding hydrogens is 345 g/mol. The van der Waals surface area contributed by atoms with E-state index in [9.17, 15) is 0 Å². The van der Waals surface area contributed by atoms with E-state index in [4.69, 9.17) is 5.73 Å². The van der Waals surface area contributed by atoms with Crippen LogP contribution < -0.4 is 21.6 Å². The average molecular weight is 375 g/mol. The summed E-state index contributed by atoms with van der Waals surface area (Å²) in [6.45, 7) is 10.9. The van der Waals surface area contributed by atoms with Crippen LogP contribution in [0.3, 0.4) is 0 Å². The van der Waals surface area contributed by atoms with Crippen LogP contribution in [-0.4, -0.2) is 6.04 Å². The molecule has 0 aliphatic rings. The van der Waals surface area contributed by atoms with E-state index >= 15 is 0 Å². The van der Waals surface area contributed by atoms with Gasteiger partial charge in [0.1, 0.15) is 0 Å². The first kappa shape index (κ1) is 19.8. The summed E-state index contributed by atoms with van der Waals surface area (Å²) >= 11 is 0. The fourth-order valence-corrected chi connectivity index (χ4v) is 6.71. The van der Waals surface area contributed by atoms with E-state index in [0.29, 0.717) is 0 Å². The Bertz CT molecular complexity index is 851. The van der Waals surface area contributed by atoms with Gasteiger partial charge in [0.05, 0.1) is 0 Å². The number of rotatable bonds is 5. The van der Waals surface area contributed by atoms with Gasteiger partial charge in [0.2, 0.25) is 0 Å². The van der Waals surface area contributed by atoms with E-state index in [-0.39, 0.29) is 6.04 Å². The summed E-state index contributed by atoms with van der Waals surface area (Å²) in [4.78, 5) is 0. The zero-order valence-corrected chi connectivity index (χ0v) is 18.0. The average Bonchev–Trinajstić information content (AvgIpc) is 2.54. The lowest BCUT2D eigenvalue weighted by molar-refractivity contribution is 0.741. The minimum Gasteiger partial charge on any atom is -0.328 e. The van der Waals surface area contributed by atoms with Gasteiger partial charge in [0.25, 0.3) is 0 Å². The van der Waals surface area contributed by atoms with E-state index < -0.39 is 7.92 Å². The van der Waals surface area contributed by atoms with Crippen LogP contribution in [0, 0.1) is 27.7 Å². The first-order chi connectivity index (χ1) is 12.8. The highest BCUT2D eigenvalue weighted by Gasteiger charge is 2.21. The molecule has 2 heteroatoms. The number of aryl methyl sites for hydroxylation is 4. The molecule has 0 aliphatic carbocycles. The van der Waals surface area contributed by atoms with Crippen molar-refractivity contribution >= 4 is 23.8 Å². The Balaban J connectivity index is 2.25. The van der Waals surface area contributed by atoms with Gasteiger partial charge in [-0.3, -0.25) is 0 Å². The minimum atomic E-state index is -0.618. The second kappa shape index (κ2) is 8.38. The number of hydrogen-bond donors (Lipinski definition) is 1. The maximum Gasteiger partial charge on any atom is 0.00511 e. The van der Waals surface area contributed by atoms with Crippen LogP contribution >= 0.6 is 7.92 Å². The summed E-state index contributed by atoms with van der Waals surface area (Å²) in [6.07, 6.45) is 0.907. The normalized spacial score (nSPS) is 12.4. The second-order valence-electron chi connectivity index (χ2n) is 7.84. The highest BCUT2D eigenvalue weighted by Crippen LogP contribution is 2.35. The van der Waals surface area contributed by atoms with Crippen LogP contribution in [-0.2, 0) is 6.42 Å². The van der Waals surface area contributed by atoms with Gasteiger partial charge in [0.15, 0.2) is 0 Å². The molecule has 140 valence electrons. The van der Waals surface area contributed by atoms with Gasteiger partial charge in [0, 0.05) is 6.04 Å². The van der Waals surface area contributed by atoms with Crippen LogP contribution in [0.5, 0.6) is 0 Å². The third-order valence-electron chi connectivity index (χ3n) is 4.70. The molecule has 3 rings (SSSR count). The molecule has 0 saturated heterocycles. The fraction of sp³-hybridized carbons (Fsp3) is 0.280. The molecule has 3 aromatic rings. The molecule has 0 heterocycles. The number of nitrogens with two attached hydrogens (primary N) is 1. The summed E-state index contributed by atoms with van der Waals surface area (Å²) in [5.74, 6) is 0. The zero-order valence-electron chi connectivity index (χ0n) is 17.1. The number of hydrogen-bond acceptors (Lipinski definition) is 1. The van der Waals surface area contributed by atoms with Crippen molar-refractivity contribution in [2.45, 2.75) is 47.1 Å². The van der Waals surface area contributed by atoms with Crippen LogP contribution in [0.1, 0.15) is 34.7 Å². The van der Waals surface area contributed by atoms with Gasteiger partial charge in [-0.05, 0) is 70.4 Å². The molecule has 0 amide bonds. The number of benzene rings is 3. The minimum absolute atomic E-state index is 0.154. The summed E-state index contributed by atoms with van der Waals surface area (Å²) in [5, 5.41) is 4.27. The topological polar surface area (TPSA) is 26.0 Å². The highest BCUT2D eigenvalue weighted by molar-refractivity contribution is 7.79. The van der Waals surface area contributed by atoms with Gasteiger partial charge in [-0.2, -0.15) is 0 Å². The Morgan fingerprint density at radius 2 is 1.19 bits per heavy atom.